The van der Waals surface area contributed by atoms with E-state index in [1.165, 1.54) is 231 Å². The molecule has 3 aliphatic heterocycles. The van der Waals surface area contributed by atoms with E-state index in [2.05, 4.69) is 55.6 Å². The van der Waals surface area contributed by atoms with Gasteiger partial charge >= 0.3 is 0 Å². The average molecular weight is 1380 g/mol. The highest BCUT2D eigenvalue weighted by Crippen LogP contribution is 2.33. The van der Waals surface area contributed by atoms with Crippen LogP contribution in [0, 0.1) is 0 Å². The lowest BCUT2D eigenvalue weighted by molar-refractivity contribution is -0.379. The molecule has 0 aromatic heterocycles. The standard InChI is InChI=1S/C78H143NO18/c1-3-5-7-9-11-13-15-17-19-20-21-22-23-24-25-26-27-28-29-30-31-32-33-34-35-36-37-38-39-40-42-44-46-48-50-52-54-56-66(84)79-61(62(83)55-53-51-49-47-45-43-41-18-16-14-12-10-8-6-4-2)60-92-76-72(90)69(87)74(64(58-81)94-76)97-78-73(91)70(88)75(65(59-82)95-78)96-77-71(89)68(86)67(85)63(57-80)93-77/h16,18,20-21,45,47,53,55,61-65,67-78,80-83,85-91H,3-15,17,19,22-44,46,48-52,54,56-60H2,1-2H3,(H,79,84)/b18-16+,21-20-,47-45+,55-53+. The Morgan fingerprint density at radius 2 is 0.660 bits per heavy atom. The molecule has 3 fully saturated rings. The molecule has 0 aliphatic carbocycles. The van der Waals surface area contributed by atoms with Gasteiger partial charge in [-0.1, -0.05) is 281 Å². The Hall–Kier alpha value is -2.25. The Morgan fingerprint density at radius 3 is 1.03 bits per heavy atom. The highest BCUT2D eigenvalue weighted by atomic mass is 16.8. The Labute approximate surface area is 586 Å². The lowest BCUT2D eigenvalue weighted by Crippen LogP contribution is -2.66. The van der Waals surface area contributed by atoms with E-state index in [1.807, 2.05) is 6.08 Å². The van der Waals surface area contributed by atoms with Crippen molar-refractivity contribution in [3.05, 3.63) is 48.6 Å². The molecule has 0 bridgehead atoms. The van der Waals surface area contributed by atoms with Gasteiger partial charge in [-0.2, -0.15) is 0 Å². The number of rotatable bonds is 62. The number of hydrogen-bond donors (Lipinski definition) is 12. The number of nitrogens with one attached hydrogen (secondary N) is 1. The highest BCUT2D eigenvalue weighted by molar-refractivity contribution is 5.76. The van der Waals surface area contributed by atoms with E-state index in [-0.39, 0.29) is 18.9 Å². The third-order valence-corrected chi connectivity index (χ3v) is 19.6. The van der Waals surface area contributed by atoms with Gasteiger partial charge in [0.2, 0.25) is 5.91 Å². The first-order valence-electron chi connectivity index (χ1n) is 39.4. The van der Waals surface area contributed by atoms with Crippen molar-refractivity contribution in [1.82, 2.24) is 5.32 Å². The summed E-state index contributed by atoms with van der Waals surface area (Å²) in [5.41, 5.74) is 0. The summed E-state index contributed by atoms with van der Waals surface area (Å²) in [6.45, 7) is 1.71. The van der Waals surface area contributed by atoms with Crippen molar-refractivity contribution in [1.29, 1.82) is 0 Å². The van der Waals surface area contributed by atoms with Gasteiger partial charge in [-0.3, -0.25) is 4.79 Å². The summed E-state index contributed by atoms with van der Waals surface area (Å²) in [6.07, 6.45) is 47.1. The first kappa shape index (κ1) is 89.0. The Bertz CT molecular complexity index is 1940. The minimum atomic E-state index is -1.98. The van der Waals surface area contributed by atoms with Crippen LogP contribution in [-0.2, 0) is 33.2 Å². The molecule has 97 heavy (non-hydrogen) atoms. The van der Waals surface area contributed by atoms with Crippen LogP contribution in [-0.4, -0.2) is 193 Å². The molecule has 1 amide bonds. The van der Waals surface area contributed by atoms with Crippen LogP contribution >= 0.6 is 0 Å². The lowest BCUT2D eigenvalue weighted by Gasteiger charge is -2.48. The molecule has 3 saturated heterocycles. The van der Waals surface area contributed by atoms with E-state index in [1.54, 1.807) is 6.08 Å². The lowest BCUT2D eigenvalue weighted by atomic mass is 9.96. The molecule has 12 N–H and O–H groups in total. The van der Waals surface area contributed by atoms with Crippen LogP contribution < -0.4 is 5.32 Å². The summed E-state index contributed by atoms with van der Waals surface area (Å²) in [4.78, 5) is 13.4. The fourth-order valence-electron chi connectivity index (χ4n) is 13.2. The molecule has 19 heteroatoms. The summed E-state index contributed by atoms with van der Waals surface area (Å²) >= 11 is 0. The van der Waals surface area contributed by atoms with Crippen LogP contribution in [0.5, 0.6) is 0 Å². The van der Waals surface area contributed by atoms with E-state index in [0.29, 0.717) is 12.8 Å². The van der Waals surface area contributed by atoms with Crippen LogP contribution in [0.15, 0.2) is 48.6 Å². The van der Waals surface area contributed by atoms with Crippen molar-refractivity contribution < 1.29 is 89.4 Å². The maximum Gasteiger partial charge on any atom is 0.220 e. The van der Waals surface area contributed by atoms with Crippen LogP contribution in [0.2, 0.25) is 0 Å². The van der Waals surface area contributed by atoms with Crippen LogP contribution in [0.25, 0.3) is 0 Å². The molecule has 568 valence electrons. The molecule has 0 aromatic carbocycles. The largest absolute Gasteiger partial charge is 0.394 e. The maximum atomic E-state index is 13.4. The normalized spacial score (nSPS) is 27.1. The van der Waals surface area contributed by atoms with Crippen molar-refractivity contribution in [2.45, 2.75) is 413 Å². The fraction of sp³-hybridized carbons (Fsp3) is 0.885. The van der Waals surface area contributed by atoms with Gasteiger partial charge in [-0.15, -0.1) is 0 Å². The van der Waals surface area contributed by atoms with Gasteiger partial charge < -0.3 is 89.9 Å². The van der Waals surface area contributed by atoms with Crippen molar-refractivity contribution in [2.75, 3.05) is 26.4 Å². The number of allylic oxidation sites excluding steroid dienone is 7. The number of ether oxygens (including phenoxy) is 6. The molecule has 17 unspecified atom stereocenters. The first-order chi connectivity index (χ1) is 47.3. The van der Waals surface area contributed by atoms with E-state index >= 15 is 0 Å². The molecule has 3 rings (SSSR count). The second-order valence-corrected chi connectivity index (χ2v) is 28.2. The molecule has 19 nitrogen and oxygen atoms in total. The van der Waals surface area contributed by atoms with Gasteiger partial charge in [0.15, 0.2) is 18.9 Å². The third-order valence-electron chi connectivity index (χ3n) is 19.6. The maximum absolute atomic E-state index is 13.4. The van der Waals surface area contributed by atoms with Gasteiger partial charge in [0.1, 0.15) is 73.2 Å². The van der Waals surface area contributed by atoms with E-state index in [9.17, 15) is 61.0 Å². The number of aliphatic hydroxyl groups is 11. The summed E-state index contributed by atoms with van der Waals surface area (Å²) in [5.74, 6) is -0.285. The van der Waals surface area contributed by atoms with Crippen molar-refractivity contribution >= 4 is 5.91 Å². The predicted octanol–water partition coefficient (Wildman–Crippen LogP) is 12.5. The number of carbonyl (C=O) groups excluding carboxylic acids is 1. The second kappa shape index (κ2) is 59.2. The Morgan fingerprint density at radius 1 is 0.361 bits per heavy atom. The molecular formula is C78H143NO18. The van der Waals surface area contributed by atoms with Crippen LogP contribution in [0.3, 0.4) is 0 Å². The van der Waals surface area contributed by atoms with Crippen molar-refractivity contribution in [3.8, 4) is 0 Å². The van der Waals surface area contributed by atoms with Gasteiger partial charge in [-0.25, -0.2) is 0 Å². The first-order valence-corrected chi connectivity index (χ1v) is 39.4. The molecule has 17 atom stereocenters. The molecule has 0 aromatic rings. The SMILES string of the molecule is CCCCCCC/C=C/CC/C=C/CC/C=C/C(O)C(COC1OC(CO)C(OC2OC(CO)C(OC3OC(CO)C(O)C(O)C3O)C(O)C2O)C(O)C1O)NC(=O)CCCCCCCCCCCCCCCCCCCCCCCCCCC/C=C\CCCCCCCCCC. The second-order valence-electron chi connectivity index (χ2n) is 28.2. The van der Waals surface area contributed by atoms with E-state index in [4.69, 9.17) is 28.4 Å². The third kappa shape index (κ3) is 39.8. The quantitative estimate of drug-likeness (QED) is 0.0199. The topological polar surface area (TPSA) is 307 Å². The number of aliphatic hydroxyl groups excluding tert-OH is 11. The molecule has 0 saturated carbocycles. The summed E-state index contributed by atoms with van der Waals surface area (Å²) in [7, 11) is 0. The molecule has 3 aliphatic rings. The molecule has 3 heterocycles. The zero-order valence-corrected chi connectivity index (χ0v) is 60.6. The number of hydrogen-bond acceptors (Lipinski definition) is 18. The molecule has 0 spiro atoms. The van der Waals surface area contributed by atoms with Crippen molar-refractivity contribution in [3.63, 3.8) is 0 Å². The van der Waals surface area contributed by atoms with Gasteiger partial charge in [-0.05, 0) is 70.6 Å². The van der Waals surface area contributed by atoms with Gasteiger partial charge in [0.25, 0.3) is 0 Å². The Kier molecular flexibility index (Phi) is 54.3. The number of amides is 1. The predicted molar refractivity (Wildman–Crippen MR) is 383 cm³/mol. The summed E-state index contributed by atoms with van der Waals surface area (Å²) < 4.78 is 34.4. The van der Waals surface area contributed by atoms with E-state index in [0.717, 1.165) is 44.9 Å². The van der Waals surface area contributed by atoms with Gasteiger partial charge in [0, 0.05) is 6.42 Å². The smallest absolute Gasteiger partial charge is 0.220 e. The highest BCUT2D eigenvalue weighted by Gasteiger charge is 2.53. The zero-order valence-electron chi connectivity index (χ0n) is 60.6. The fourth-order valence-corrected chi connectivity index (χ4v) is 13.2. The van der Waals surface area contributed by atoms with E-state index < -0.39 is 124 Å². The number of carbonyl (C=O) groups is 1. The minimum Gasteiger partial charge on any atom is -0.394 e. The Balaban J connectivity index is 1.31. The molecule has 0 radical (unpaired) electrons. The summed E-state index contributed by atoms with van der Waals surface area (Å²) in [5, 5.41) is 121. The van der Waals surface area contributed by atoms with Crippen LogP contribution in [0.4, 0.5) is 0 Å². The minimum absolute atomic E-state index is 0.235. The number of unbranched alkanes of at least 4 members (excludes halogenated alkanes) is 40. The van der Waals surface area contributed by atoms with Crippen LogP contribution in [0.1, 0.15) is 309 Å². The van der Waals surface area contributed by atoms with Gasteiger partial charge in [0.05, 0.1) is 38.6 Å². The summed E-state index contributed by atoms with van der Waals surface area (Å²) in [6, 6.07) is -0.996. The average Bonchev–Trinajstić information content (AvgIpc) is 0.790. The molecular weight excluding hydrogens is 1240 g/mol. The zero-order chi connectivity index (χ0) is 70.4. The van der Waals surface area contributed by atoms with Crippen molar-refractivity contribution in [2.24, 2.45) is 0 Å². The monoisotopic (exact) mass is 1380 g/mol.